The van der Waals surface area contributed by atoms with E-state index in [0.717, 1.165) is 41.4 Å². The summed E-state index contributed by atoms with van der Waals surface area (Å²) in [4.78, 5) is 42.3. The van der Waals surface area contributed by atoms with Crippen LogP contribution in [0.2, 0.25) is 5.02 Å². The average molecular weight is 519 g/mol. The first-order valence-electron chi connectivity index (χ1n) is 10.4. The fourth-order valence-corrected chi connectivity index (χ4v) is 4.67. The van der Waals surface area contributed by atoms with Crippen molar-refractivity contribution in [2.75, 3.05) is 12.4 Å². The maximum atomic E-state index is 14.2. The normalized spacial score (nSPS) is 17.5. The van der Waals surface area contributed by atoms with Gasteiger partial charge < -0.3 is 19.9 Å². The minimum atomic E-state index is -2.26. The van der Waals surface area contributed by atoms with E-state index in [1.54, 1.807) is 0 Å². The van der Waals surface area contributed by atoms with Crippen molar-refractivity contribution in [3.05, 3.63) is 75.8 Å². The molecule has 0 saturated carbocycles. The Morgan fingerprint density at radius 2 is 2.03 bits per heavy atom. The van der Waals surface area contributed by atoms with Gasteiger partial charge in [-0.25, -0.2) is 18.6 Å². The van der Waals surface area contributed by atoms with Crippen LogP contribution in [-0.4, -0.2) is 38.8 Å². The molecule has 2 N–H and O–H groups in total. The van der Waals surface area contributed by atoms with Gasteiger partial charge in [-0.1, -0.05) is 11.6 Å². The Balaban J connectivity index is 1.69. The van der Waals surface area contributed by atoms with Crippen molar-refractivity contribution in [2.24, 2.45) is 0 Å². The number of aromatic nitrogens is 3. The van der Waals surface area contributed by atoms with Crippen molar-refractivity contribution < 1.29 is 29.3 Å². The summed E-state index contributed by atoms with van der Waals surface area (Å²) < 4.78 is 47.6. The first kappa shape index (κ1) is 21.6. The van der Waals surface area contributed by atoms with E-state index in [4.69, 9.17) is 17.7 Å². The second kappa shape index (κ2) is 8.71. The number of methoxy groups -OCH3 is 1. The number of ether oxygens (including phenoxy) is 1. The Labute approximate surface area is 206 Å². The van der Waals surface area contributed by atoms with Crippen molar-refractivity contribution in [3.8, 4) is 0 Å². The van der Waals surface area contributed by atoms with Crippen LogP contribution in [-0.2, 0) is 16.1 Å². The molecule has 35 heavy (non-hydrogen) atoms. The highest BCUT2D eigenvalue weighted by Gasteiger charge is 2.36. The molecule has 0 aliphatic carbocycles. The number of fused-ring (bicyclic) bond motifs is 2. The summed E-state index contributed by atoms with van der Waals surface area (Å²) in [6.45, 7) is -0.443. The first-order chi connectivity index (χ1) is 17.1. The molecule has 178 valence electrons. The van der Waals surface area contributed by atoms with Crippen LogP contribution in [0.4, 0.5) is 14.6 Å². The molecule has 1 atom stereocenters. The molecular weight excluding hydrogens is 504 g/mol. The number of carbonyl (C=O) groups excluding carboxylic acids is 3. The number of anilines is 1. The third-order valence-electron chi connectivity index (χ3n) is 5.22. The van der Waals surface area contributed by atoms with Crippen LogP contribution in [0.1, 0.15) is 39.8 Å². The first-order valence-corrected chi connectivity index (χ1v) is 11.1. The molecule has 5 rings (SSSR count). The number of carbonyl (C=O) groups is 3. The standard InChI is InChI=1S/C22H14ClF2N5O4S/c1-34-22(33)20-27-19(28-21(32)17-12-7-10(25)3-5-14(12)35-29-17)18-16(26-15(31)8-30(18)20)11-6-9(24)2-4-13(11)23/h2-7,16H,8H2,1H3,(H,26,31)(H,28,32)/t16-/m0/s1/i16D. The van der Waals surface area contributed by atoms with Crippen molar-refractivity contribution in [3.63, 3.8) is 0 Å². The van der Waals surface area contributed by atoms with Crippen LogP contribution in [0.5, 0.6) is 0 Å². The molecule has 2 amide bonds. The van der Waals surface area contributed by atoms with E-state index in [1.807, 2.05) is 0 Å². The predicted octanol–water partition coefficient (Wildman–Crippen LogP) is 3.68. The van der Waals surface area contributed by atoms with E-state index < -0.39 is 42.0 Å². The monoisotopic (exact) mass is 518 g/mol. The summed E-state index contributed by atoms with van der Waals surface area (Å²) in [5, 5.41) is 5.12. The zero-order chi connectivity index (χ0) is 25.8. The Morgan fingerprint density at radius 3 is 2.80 bits per heavy atom. The van der Waals surface area contributed by atoms with Gasteiger partial charge in [0.05, 0.1) is 24.9 Å². The second-order valence-electron chi connectivity index (χ2n) is 7.38. The van der Waals surface area contributed by atoms with Gasteiger partial charge in [0, 0.05) is 16.0 Å². The van der Waals surface area contributed by atoms with E-state index >= 15 is 0 Å². The molecule has 1 aliphatic rings. The Morgan fingerprint density at radius 1 is 1.29 bits per heavy atom. The lowest BCUT2D eigenvalue weighted by Crippen LogP contribution is -2.40. The molecule has 13 heteroatoms. The summed E-state index contributed by atoms with van der Waals surface area (Å²) in [7, 11) is 1.10. The molecule has 2 aromatic heterocycles. The number of nitrogens with one attached hydrogen (secondary N) is 2. The van der Waals surface area contributed by atoms with Crippen molar-refractivity contribution >= 4 is 56.8 Å². The number of rotatable bonds is 4. The van der Waals surface area contributed by atoms with Gasteiger partial charge in [0.15, 0.2) is 5.82 Å². The number of hydrogen-bond acceptors (Lipinski definition) is 7. The maximum Gasteiger partial charge on any atom is 0.374 e. The van der Waals surface area contributed by atoms with Gasteiger partial charge in [0.1, 0.15) is 23.9 Å². The number of nitrogens with zero attached hydrogens (tertiary/aromatic N) is 3. The van der Waals surface area contributed by atoms with Gasteiger partial charge in [-0.05, 0) is 47.9 Å². The molecule has 0 radical (unpaired) electrons. The van der Waals surface area contributed by atoms with E-state index in [2.05, 4.69) is 20.0 Å². The molecular formula is C22H14ClF2N5O4S. The van der Waals surface area contributed by atoms with Crippen LogP contribution in [0, 0.1) is 11.6 Å². The molecule has 9 nitrogen and oxygen atoms in total. The van der Waals surface area contributed by atoms with Gasteiger partial charge in [-0.3, -0.25) is 9.59 Å². The summed E-state index contributed by atoms with van der Waals surface area (Å²) in [5.41, 5.74) is -0.449. The molecule has 0 unspecified atom stereocenters. The Bertz CT molecular complexity index is 1590. The summed E-state index contributed by atoms with van der Waals surface area (Å²) >= 11 is 7.23. The van der Waals surface area contributed by atoms with Gasteiger partial charge in [0.2, 0.25) is 11.7 Å². The smallest absolute Gasteiger partial charge is 0.374 e. The topological polar surface area (TPSA) is 115 Å². The minimum Gasteiger partial charge on any atom is -0.463 e. The summed E-state index contributed by atoms with van der Waals surface area (Å²) in [5.74, 6) is -4.43. The second-order valence-corrected chi connectivity index (χ2v) is 8.60. The maximum absolute atomic E-state index is 14.2. The quantitative estimate of drug-likeness (QED) is 0.398. The minimum absolute atomic E-state index is 0.0563. The van der Waals surface area contributed by atoms with Crippen LogP contribution >= 0.6 is 23.1 Å². The summed E-state index contributed by atoms with van der Waals surface area (Å²) in [6, 6.07) is 4.84. The number of amides is 2. The SMILES string of the molecule is [2H][C@@]1(c2cc(F)ccc2Cl)NC(=O)Cn2c(C(=O)OC)nc(NC(=O)c3nsc4ccc(F)cc34)c21. The molecule has 0 saturated heterocycles. The molecule has 0 spiro atoms. The molecule has 1 aliphatic heterocycles. The Kier molecular flexibility index (Phi) is 5.38. The Hall–Kier alpha value is -3.90. The fourth-order valence-electron chi connectivity index (χ4n) is 3.70. The molecule has 0 bridgehead atoms. The lowest BCUT2D eigenvalue weighted by molar-refractivity contribution is -0.123. The van der Waals surface area contributed by atoms with Crippen molar-refractivity contribution in [1.29, 1.82) is 0 Å². The number of hydrogen-bond donors (Lipinski definition) is 2. The molecule has 2 aromatic carbocycles. The van der Waals surface area contributed by atoms with E-state index in [-0.39, 0.29) is 39.0 Å². The van der Waals surface area contributed by atoms with Crippen LogP contribution in [0.3, 0.4) is 0 Å². The zero-order valence-corrected chi connectivity index (χ0v) is 19.3. The lowest BCUT2D eigenvalue weighted by atomic mass is 10.0. The highest BCUT2D eigenvalue weighted by Crippen LogP contribution is 2.36. The van der Waals surface area contributed by atoms with Gasteiger partial charge in [-0.15, -0.1) is 0 Å². The van der Waals surface area contributed by atoms with E-state index in [1.165, 1.54) is 18.2 Å². The van der Waals surface area contributed by atoms with Crippen molar-refractivity contribution in [1.82, 2.24) is 19.2 Å². The number of imidazole rings is 1. The molecule has 0 fully saturated rings. The average Bonchev–Trinajstić information content (AvgIpc) is 3.41. The van der Waals surface area contributed by atoms with E-state index in [0.29, 0.717) is 4.70 Å². The van der Waals surface area contributed by atoms with Gasteiger partial charge >= 0.3 is 5.97 Å². The highest BCUT2D eigenvalue weighted by atomic mass is 35.5. The number of esters is 1. The summed E-state index contributed by atoms with van der Waals surface area (Å²) in [6.07, 6.45) is 0. The number of halogens is 3. The van der Waals surface area contributed by atoms with Crippen molar-refractivity contribution in [2.45, 2.75) is 12.6 Å². The highest BCUT2D eigenvalue weighted by molar-refractivity contribution is 7.13. The molecule has 3 heterocycles. The molecule has 4 aromatic rings. The third kappa shape index (κ3) is 4.00. The fraction of sp³-hybridized carbons (Fsp3) is 0.136. The number of benzene rings is 2. The van der Waals surface area contributed by atoms with Crippen LogP contribution in [0.15, 0.2) is 36.4 Å². The zero-order valence-electron chi connectivity index (χ0n) is 18.7. The third-order valence-corrected chi connectivity index (χ3v) is 6.37. The van der Waals surface area contributed by atoms with Gasteiger partial charge in [-0.2, -0.15) is 4.37 Å². The lowest BCUT2D eigenvalue weighted by Gasteiger charge is -2.27. The predicted molar refractivity (Wildman–Crippen MR) is 122 cm³/mol. The van der Waals surface area contributed by atoms with Crippen LogP contribution < -0.4 is 10.6 Å². The van der Waals surface area contributed by atoms with Gasteiger partial charge in [0.25, 0.3) is 5.91 Å². The van der Waals surface area contributed by atoms with Crippen LogP contribution in [0.25, 0.3) is 10.1 Å². The van der Waals surface area contributed by atoms with E-state index in [9.17, 15) is 23.2 Å². The largest absolute Gasteiger partial charge is 0.463 e.